The summed E-state index contributed by atoms with van der Waals surface area (Å²) in [5.74, 6) is 0.280. The van der Waals surface area contributed by atoms with Crippen molar-refractivity contribution in [3.8, 4) is 5.75 Å². The molecule has 0 bridgehead atoms. The third-order valence-electron chi connectivity index (χ3n) is 2.75. The summed E-state index contributed by atoms with van der Waals surface area (Å²) in [7, 11) is -3.81. The lowest BCUT2D eigenvalue weighted by atomic mass is 10.2. The minimum Gasteiger partial charge on any atom is -0.492 e. The molecule has 108 valence electrons. The Morgan fingerprint density at radius 1 is 1.35 bits per heavy atom. The highest BCUT2D eigenvalue weighted by Gasteiger charge is 2.24. The molecule has 1 heterocycles. The second-order valence-electron chi connectivity index (χ2n) is 4.32. The van der Waals surface area contributed by atoms with E-state index in [2.05, 4.69) is 5.10 Å². The van der Waals surface area contributed by atoms with Gasteiger partial charge in [0.05, 0.1) is 12.3 Å². The van der Waals surface area contributed by atoms with Crippen molar-refractivity contribution in [2.45, 2.75) is 25.7 Å². The lowest BCUT2D eigenvalue weighted by Crippen LogP contribution is -2.15. The number of halogens is 1. The first-order valence-corrected chi connectivity index (χ1v) is 7.89. The van der Waals surface area contributed by atoms with Gasteiger partial charge in [-0.15, -0.1) is 0 Å². The Kier molecular flexibility index (Phi) is 4.06. The first-order chi connectivity index (χ1) is 9.36. The van der Waals surface area contributed by atoms with Crippen LogP contribution >= 0.6 is 11.6 Å². The van der Waals surface area contributed by atoms with Gasteiger partial charge in [-0.05, 0) is 44.5 Å². The van der Waals surface area contributed by atoms with Crippen molar-refractivity contribution in [2.75, 3.05) is 6.61 Å². The van der Waals surface area contributed by atoms with Gasteiger partial charge >= 0.3 is 0 Å². The Hall–Kier alpha value is -1.53. The Morgan fingerprint density at radius 2 is 2.05 bits per heavy atom. The van der Waals surface area contributed by atoms with E-state index in [0.717, 1.165) is 9.65 Å². The number of hydrogen-bond donors (Lipinski definition) is 0. The maximum absolute atomic E-state index is 12.6. The van der Waals surface area contributed by atoms with Crippen LogP contribution in [0, 0.1) is 13.8 Å². The molecule has 0 spiro atoms. The molecule has 0 saturated carbocycles. The molecule has 1 aromatic heterocycles. The van der Waals surface area contributed by atoms with Crippen LogP contribution in [0.2, 0.25) is 5.02 Å². The van der Waals surface area contributed by atoms with Crippen molar-refractivity contribution in [3.05, 3.63) is 40.7 Å². The molecule has 1 aromatic carbocycles. The van der Waals surface area contributed by atoms with E-state index in [1.807, 2.05) is 0 Å². The summed E-state index contributed by atoms with van der Waals surface area (Å²) >= 11 is 6.04. The van der Waals surface area contributed by atoms with E-state index in [0.29, 0.717) is 17.3 Å². The number of aryl methyl sites for hydroxylation is 2. The maximum atomic E-state index is 12.6. The van der Waals surface area contributed by atoms with Gasteiger partial charge in [-0.2, -0.15) is 17.6 Å². The average molecular weight is 315 g/mol. The van der Waals surface area contributed by atoms with Gasteiger partial charge in [-0.1, -0.05) is 11.6 Å². The zero-order valence-corrected chi connectivity index (χ0v) is 13.0. The third kappa shape index (κ3) is 2.66. The van der Waals surface area contributed by atoms with Crippen molar-refractivity contribution in [3.63, 3.8) is 0 Å². The first-order valence-electron chi connectivity index (χ1n) is 6.07. The van der Waals surface area contributed by atoms with Crippen LogP contribution in [0.25, 0.3) is 0 Å². The second kappa shape index (κ2) is 5.46. The smallest absolute Gasteiger partial charge is 0.286 e. The molecule has 0 aliphatic carbocycles. The predicted octanol–water partition coefficient (Wildman–Crippen LogP) is 2.79. The molecule has 0 amide bonds. The molecule has 2 aromatic rings. The molecule has 20 heavy (non-hydrogen) atoms. The van der Waals surface area contributed by atoms with Crippen LogP contribution in [0.1, 0.15) is 18.2 Å². The molecule has 0 fully saturated rings. The van der Waals surface area contributed by atoms with Crippen molar-refractivity contribution in [1.29, 1.82) is 0 Å². The van der Waals surface area contributed by atoms with E-state index in [4.69, 9.17) is 16.3 Å². The summed E-state index contributed by atoms with van der Waals surface area (Å²) in [6.45, 7) is 5.66. The molecule has 7 heteroatoms. The summed E-state index contributed by atoms with van der Waals surface area (Å²) in [4.78, 5) is 0.0121. The summed E-state index contributed by atoms with van der Waals surface area (Å²) in [5.41, 5.74) is 1.37. The van der Waals surface area contributed by atoms with Crippen LogP contribution in [0.3, 0.4) is 0 Å². The molecule has 5 nitrogen and oxygen atoms in total. The highest BCUT2D eigenvalue weighted by Crippen LogP contribution is 2.31. The summed E-state index contributed by atoms with van der Waals surface area (Å²) in [5, 5.41) is 4.31. The Balaban J connectivity index is 2.64. The Labute approximate surface area is 123 Å². The number of hydrogen-bond acceptors (Lipinski definition) is 4. The van der Waals surface area contributed by atoms with Gasteiger partial charge in [0.15, 0.2) is 0 Å². The number of ether oxygens (including phenoxy) is 1. The molecule has 2 rings (SSSR count). The van der Waals surface area contributed by atoms with Gasteiger partial charge in [-0.3, -0.25) is 0 Å². The van der Waals surface area contributed by atoms with Crippen LogP contribution in [0.4, 0.5) is 0 Å². The largest absolute Gasteiger partial charge is 0.492 e. The number of benzene rings is 1. The van der Waals surface area contributed by atoms with Crippen LogP contribution < -0.4 is 4.74 Å². The van der Waals surface area contributed by atoms with E-state index >= 15 is 0 Å². The van der Waals surface area contributed by atoms with E-state index in [1.165, 1.54) is 12.3 Å². The number of rotatable bonds is 4. The van der Waals surface area contributed by atoms with Crippen molar-refractivity contribution >= 4 is 21.6 Å². The Morgan fingerprint density at radius 3 is 2.60 bits per heavy atom. The van der Waals surface area contributed by atoms with Gasteiger partial charge in [0, 0.05) is 11.2 Å². The molecule has 0 radical (unpaired) electrons. The van der Waals surface area contributed by atoms with Gasteiger partial charge in [-0.25, -0.2) is 0 Å². The topological polar surface area (TPSA) is 61.2 Å². The minimum atomic E-state index is -3.81. The summed E-state index contributed by atoms with van der Waals surface area (Å²) < 4.78 is 31.5. The highest BCUT2D eigenvalue weighted by molar-refractivity contribution is 7.90. The van der Waals surface area contributed by atoms with Crippen LogP contribution in [0.15, 0.2) is 29.3 Å². The highest BCUT2D eigenvalue weighted by atomic mass is 35.5. The fourth-order valence-electron chi connectivity index (χ4n) is 1.74. The van der Waals surface area contributed by atoms with Crippen molar-refractivity contribution < 1.29 is 13.2 Å². The zero-order valence-electron chi connectivity index (χ0n) is 11.4. The van der Waals surface area contributed by atoms with Crippen molar-refractivity contribution in [2.24, 2.45) is 0 Å². The van der Waals surface area contributed by atoms with E-state index < -0.39 is 10.0 Å². The monoisotopic (exact) mass is 314 g/mol. The molecule has 0 N–H and O–H groups in total. The maximum Gasteiger partial charge on any atom is 0.286 e. The fourth-order valence-corrected chi connectivity index (χ4v) is 3.26. The average Bonchev–Trinajstić information content (AvgIpc) is 2.81. The fraction of sp³-hybridized carbons (Fsp3) is 0.308. The van der Waals surface area contributed by atoms with E-state index in [1.54, 1.807) is 32.9 Å². The minimum absolute atomic E-state index is 0.0121. The Bertz CT molecular complexity index is 738. The van der Waals surface area contributed by atoms with Crippen LogP contribution in [-0.2, 0) is 10.0 Å². The van der Waals surface area contributed by atoms with E-state index in [-0.39, 0.29) is 10.6 Å². The quantitative estimate of drug-likeness (QED) is 0.870. The molecular weight excluding hydrogens is 300 g/mol. The van der Waals surface area contributed by atoms with Gasteiger partial charge in [0.2, 0.25) is 0 Å². The van der Waals surface area contributed by atoms with Crippen LogP contribution in [-0.4, -0.2) is 24.2 Å². The van der Waals surface area contributed by atoms with Gasteiger partial charge in [0.1, 0.15) is 10.6 Å². The third-order valence-corrected chi connectivity index (χ3v) is 4.73. The summed E-state index contributed by atoms with van der Waals surface area (Å²) in [6, 6.07) is 4.64. The zero-order chi connectivity index (χ0) is 14.9. The molecule has 0 unspecified atom stereocenters. The van der Waals surface area contributed by atoms with Crippen LogP contribution in [0.5, 0.6) is 5.75 Å². The number of nitrogens with zero attached hydrogens (tertiary/aromatic N) is 2. The first kappa shape index (κ1) is 14.9. The molecule has 0 aliphatic heterocycles. The van der Waals surface area contributed by atoms with E-state index in [9.17, 15) is 8.42 Å². The van der Waals surface area contributed by atoms with Crippen molar-refractivity contribution in [1.82, 2.24) is 9.19 Å². The lowest BCUT2D eigenvalue weighted by Gasteiger charge is -2.12. The molecule has 0 aliphatic rings. The SMILES string of the molecule is CCOc1cc(C)c(Cl)cc1S(=O)(=O)n1ccc(C)n1. The molecule has 0 saturated heterocycles. The van der Waals surface area contributed by atoms with Gasteiger partial charge in [0.25, 0.3) is 10.0 Å². The second-order valence-corrected chi connectivity index (χ2v) is 6.49. The molecular formula is C13H15ClN2O3S. The standard InChI is InChI=1S/C13H15ClN2O3S/c1-4-19-12-7-9(2)11(14)8-13(12)20(17,18)16-6-5-10(3)15-16/h5-8H,4H2,1-3H3. The lowest BCUT2D eigenvalue weighted by molar-refractivity contribution is 0.330. The summed E-state index contributed by atoms with van der Waals surface area (Å²) in [6.07, 6.45) is 1.40. The number of aromatic nitrogens is 2. The normalized spacial score (nSPS) is 11.6. The van der Waals surface area contributed by atoms with Gasteiger partial charge < -0.3 is 4.74 Å². The predicted molar refractivity (Wildman–Crippen MR) is 76.9 cm³/mol. The molecule has 0 atom stereocenters.